The Kier molecular flexibility index (Phi) is 4.56. The van der Waals surface area contributed by atoms with E-state index in [-0.39, 0.29) is 5.91 Å². The molecule has 0 saturated heterocycles. The number of thiocarbonyl (C=S) groups is 1. The van der Waals surface area contributed by atoms with Gasteiger partial charge in [0.2, 0.25) is 5.91 Å². The van der Waals surface area contributed by atoms with Crippen molar-refractivity contribution in [1.82, 2.24) is 5.32 Å². The topological polar surface area (TPSA) is 64.4 Å². The van der Waals surface area contributed by atoms with Gasteiger partial charge in [-0.3, -0.25) is 4.79 Å². The zero-order valence-corrected chi connectivity index (χ0v) is 11.6. The van der Waals surface area contributed by atoms with Crippen LogP contribution in [-0.2, 0) is 9.53 Å². The van der Waals surface area contributed by atoms with Crippen LogP contribution in [0, 0.1) is 5.41 Å². The number of rotatable bonds is 6. The molecule has 2 saturated carbocycles. The standard InChI is InChI=1S/C13H22N2O2S/c14-11(18)13(6-3-7-13)12(16)15-8-9-17-10-4-1-2-5-10/h10H,1-9H2,(H2,14,18)(H,15,16). The third-order valence-electron chi connectivity index (χ3n) is 4.16. The normalized spacial score (nSPS) is 22.4. The second-order valence-electron chi connectivity index (χ2n) is 5.33. The molecule has 18 heavy (non-hydrogen) atoms. The monoisotopic (exact) mass is 270 g/mol. The molecular formula is C13H22N2O2S. The summed E-state index contributed by atoms with van der Waals surface area (Å²) in [5.74, 6) is -0.0173. The summed E-state index contributed by atoms with van der Waals surface area (Å²) < 4.78 is 5.70. The third kappa shape index (κ3) is 2.83. The van der Waals surface area contributed by atoms with E-state index in [0.29, 0.717) is 24.2 Å². The predicted molar refractivity (Wildman–Crippen MR) is 74.3 cm³/mol. The van der Waals surface area contributed by atoms with Crippen molar-refractivity contribution in [3.05, 3.63) is 0 Å². The average molecular weight is 270 g/mol. The Bertz CT molecular complexity index is 323. The summed E-state index contributed by atoms with van der Waals surface area (Å²) in [6.07, 6.45) is 7.85. The van der Waals surface area contributed by atoms with E-state index in [9.17, 15) is 4.79 Å². The van der Waals surface area contributed by atoms with Gasteiger partial charge in [-0.25, -0.2) is 0 Å². The lowest BCUT2D eigenvalue weighted by Crippen LogP contribution is -2.53. The van der Waals surface area contributed by atoms with Gasteiger partial charge >= 0.3 is 0 Å². The summed E-state index contributed by atoms with van der Waals surface area (Å²) in [6.45, 7) is 1.14. The van der Waals surface area contributed by atoms with E-state index >= 15 is 0 Å². The van der Waals surface area contributed by atoms with Crippen molar-refractivity contribution in [1.29, 1.82) is 0 Å². The number of carbonyl (C=O) groups is 1. The molecule has 2 fully saturated rings. The number of nitrogens with two attached hydrogens (primary N) is 1. The van der Waals surface area contributed by atoms with Crippen LogP contribution in [0.25, 0.3) is 0 Å². The van der Waals surface area contributed by atoms with Crippen LogP contribution in [0.15, 0.2) is 0 Å². The fraction of sp³-hybridized carbons (Fsp3) is 0.846. The number of carbonyl (C=O) groups excluding carboxylic acids is 1. The van der Waals surface area contributed by atoms with Crippen LogP contribution in [0.1, 0.15) is 44.9 Å². The van der Waals surface area contributed by atoms with E-state index in [4.69, 9.17) is 22.7 Å². The van der Waals surface area contributed by atoms with Crippen molar-refractivity contribution in [2.75, 3.05) is 13.2 Å². The van der Waals surface area contributed by atoms with Gasteiger partial charge in [0.1, 0.15) is 0 Å². The Morgan fingerprint density at radius 3 is 2.50 bits per heavy atom. The molecule has 2 rings (SSSR count). The molecule has 5 heteroatoms. The number of ether oxygens (including phenoxy) is 1. The lowest BCUT2D eigenvalue weighted by atomic mass is 9.68. The van der Waals surface area contributed by atoms with Crippen molar-refractivity contribution in [2.45, 2.75) is 51.0 Å². The quantitative estimate of drug-likeness (QED) is 0.567. The maximum absolute atomic E-state index is 12.1. The van der Waals surface area contributed by atoms with Gasteiger partial charge in [0.05, 0.1) is 23.1 Å². The van der Waals surface area contributed by atoms with E-state index in [0.717, 1.165) is 32.1 Å². The molecule has 2 aliphatic rings. The fourth-order valence-corrected chi connectivity index (χ4v) is 3.03. The minimum absolute atomic E-state index is 0.0173. The van der Waals surface area contributed by atoms with Crippen molar-refractivity contribution in [3.63, 3.8) is 0 Å². The van der Waals surface area contributed by atoms with E-state index in [1.165, 1.54) is 12.8 Å². The van der Waals surface area contributed by atoms with Gasteiger partial charge < -0.3 is 15.8 Å². The van der Waals surface area contributed by atoms with Crippen LogP contribution in [0.2, 0.25) is 0 Å². The van der Waals surface area contributed by atoms with Gasteiger partial charge in [0, 0.05) is 6.54 Å². The first-order valence-corrected chi connectivity index (χ1v) is 7.26. The lowest BCUT2D eigenvalue weighted by molar-refractivity contribution is -0.131. The molecule has 0 bridgehead atoms. The fourth-order valence-electron chi connectivity index (χ4n) is 2.73. The van der Waals surface area contributed by atoms with Gasteiger partial charge in [-0.1, -0.05) is 31.5 Å². The minimum Gasteiger partial charge on any atom is -0.392 e. The third-order valence-corrected chi connectivity index (χ3v) is 4.55. The van der Waals surface area contributed by atoms with Crippen molar-refractivity contribution in [3.8, 4) is 0 Å². The molecule has 0 spiro atoms. The Labute approximate surface area is 114 Å². The first-order chi connectivity index (χ1) is 8.65. The summed E-state index contributed by atoms with van der Waals surface area (Å²) in [5.41, 5.74) is 5.11. The number of amides is 1. The summed E-state index contributed by atoms with van der Waals surface area (Å²) in [4.78, 5) is 12.4. The summed E-state index contributed by atoms with van der Waals surface area (Å²) in [7, 11) is 0. The van der Waals surface area contributed by atoms with Gasteiger partial charge in [-0.15, -0.1) is 0 Å². The maximum Gasteiger partial charge on any atom is 0.233 e. The molecule has 0 radical (unpaired) electrons. The highest BCUT2D eigenvalue weighted by atomic mass is 32.1. The van der Waals surface area contributed by atoms with Crippen LogP contribution < -0.4 is 11.1 Å². The Hall–Kier alpha value is -0.680. The molecule has 3 N–H and O–H groups in total. The van der Waals surface area contributed by atoms with Crippen LogP contribution >= 0.6 is 12.2 Å². The SMILES string of the molecule is NC(=S)C1(C(=O)NCCOC2CCCC2)CCC1. The van der Waals surface area contributed by atoms with E-state index < -0.39 is 5.41 Å². The van der Waals surface area contributed by atoms with Gasteiger partial charge in [0.25, 0.3) is 0 Å². The number of hydrogen-bond donors (Lipinski definition) is 2. The molecule has 0 unspecified atom stereocenters. The number of hydrogen-bond acceptors (Lipinski definition) is 3. The van der Waals surface area contributed by atoms with Gasteiger partial charge in [0.15, 0.2) is 0 Å². The molecule has 102 valence electrons. The average Bonchev–Trinajstić information content (AvgIpc) is 2.75. The summed E-state index contributed by atoms with van der Waals surface area (Å²) >= 11 is 5.01. The second-order valence-corrected chi connectivity index (χ2v) is 5.77. The maximum atomic E-state index is 12.1. The molecule has 0 atom stereocenters. The van der Waals surface area contributed by atoms with Crippen LogP contribution in [-0.4, -0.2) is 30.2 Å². The minimum atomic E-state index is -0.567. The summed E-state index contributed by atoms with van der Waals surface area (Å²) in [5, 5.41) is 2.90. The lowest BCUT2D eigenvalue weighted by Gasteiger charge is -2.39. The first-order valence-electron chi connectivity index (χ1n) is 6.85. The molecular weight excluding hydrogens is 248 g/mol. The molecule has 0 aromatic heterocycles. The van der Waals surface area contributed by atoms with Crippen molar-refractivity contribution >= 4 is 23.1 Å². The molecule has 0 aromatic rings. The van der Waals surface area contributed by atoms with Gasteiger partial charge in [-0.2, -0.15) is 0 Å². The molecule has 0 aromatic carbocycles. The number of nitrogens with one attached hydrogen (secondary N) is 1. The van der Waals surface area contributed by atoms with E-state index in [1.807, 2.05) is 0 Å². The molecule has 0 heterocycles. The predicted octanol–water partition coefficient (Wildman–Crippen LogP) is 1.52. The van der Waals surface area contributed by atoms with Crippen molar-refractivity contribution in [2.24, 2.45) is 11.1 Å². The van der Waals surface area contributed by atoms with Gasteiger partial charge in [-0.05, 0) is 25.7 Å². The highest BCUT2D eigenvalue weighted by Crippen LogP contribution is 2.41. The van der Waals surface area contributed by atoms with Crippen LogP contribution in [0.5, 0.6) is 0 Å². The van der Waals surface area contributed by atoms with E-state index in [1.54, 1.807) is 0 Å². The zero-order chi connectivity index (χ0) is 13.0. The smallest absolute Gasteiger partial charge is 0.233 e. The second kappa shape index (κ2) is 5.97. The Balaban J connectivity index is 1.66. The summed E-state index contributed by atoms with van der Waals surface area (Å²) in [6, 6.07) is 0. The molecule has 0 aliphatic heterocycles. The molecule has 2 aliphatic carbocycles. The molecule has 1 amide bonds. The van der Waals surface area contributed by atoms with Crippen LogP contribution in [0.3, 0.4) is 0 Å². The highest BCUT2D eigenvalue weighted by molar-refractivity contribution is 7.80. The highest BCUT2D eigenvalue weighted by Gasteiger charge is 2.46. The van der Waals surface area contributed by atoms with Crippen molar-refractivity contribution < 1.29 is 9.53 Å². The van der Waals surface area contributed by atoms with Crippen LogP contribution in [0.4, 0.5) is 0 Å². The zero-order valence-electron chi connectivity index (χ0n) is 10.7. The Morgan fingerprint density at radius 1 is 1.33 bits per heavy atom. The van der Waals surface area contributed by atoms with E-state index in [2.05, 4.69) is 5.32 Å². The first kappa shape index (κ1) is 13.7. The largest absolute Gasteiger partial charge is 0.392 e. The molecule has 4 nitrogen and oxygen atoms in total. The Morgan fingerprint density at radius 2 is 2.00 bits per heavy atom.